The fraction of sp³-hybridized carbons (Fsp3) is 0.0769. The van der Waals surface area contributed by atoms with Crippen molar-refractivity contribution in [3.05, 3.63) is 60.2 Å². The molecule has 0 amide bonds. The van der Waals surface area contributed by atoms with Crippen molar-refractivity contribution < 1.29 is 17.7 Å². The molecule has 2 aromatic rings. The predicted molar refractivity (Wildman–Crippen MR) is 71.2 cm³/mol. The summed E-state index contributed by atoms with van der Waals surface area (Å²) in [6.07, 6.45) is 0. The third-order valence-corrected chi connectivity index (χ3v) is 3.23. The zero-order chi connectivity index (χ0) is 13.0. The first-order valence-electron chi connectivity index (χ1n) is 5.29. The van der Waals surface area contributed by atoms with Crippen LogP contribution >= 0.6 is 0 Å². The molecule has 0 aliphatic heterocycles. The summed E-state index contributed by atoms with van der Waals surface area (Å²) in [4.78, 5) is -0.332. The number of para-hydroxylation sites is 1. The molecule has 0 bridgehead atoms. The summed E-state index contributed by atoms with van der Waals surface area (Å²) in [5, 5.41) is 0. The Hall–Kier alpha value is -1.89. The Kier molecular flexibility index (Phi) is 5.05. The fourth-order valence-corrected chi connectivity index (χ4v) is 2.13. The van der Waals surface area contributed by atoms with E-state index in [0.717, 1.165) is 5.56 Å². The molecule has 102 valence electrons. The highest BCUT2D eigenvalue weighted by atomic mass is 32.2. The minimum Gasteiger partial charge on any atom is -0.744 e. The standard InChI is InChI=1S/C13H12O4S.H3N/c14-18(15,16)13-9-5-4-8-12(13)17-10-11-6-2-1-3-7-11;/h1-9H,10H2,(H,14,15,16);1H3. The van der Waals surface area contributed by atoms with Crippen molar-refractivity contribution >= 4 is 10.1 Å². The molecule has 0 unspecified atom stereocenters. The summed E-state index contributed by atoms with van der Waals surface area (Å²) >= 11 is 0. The van der Waals surface area contributed by atoms with Crippen molar-refractivity contribution in [2.45, 2.75) is 11.5 Å². The molecule has 6 heteroatoms. The van der Waals surface area contributed by atoms with Gasteiger partial charge in [-0.1, -0.05) is 42.5 Å². The van der Waals surface area contributed by atoms with Crippen LogP contribution < -0.4 is 10.9 Å². The predicted octanol–water partition coefficient (Wildman–Crippen LogP) is 2.55. The molecule has 0 saturated heterocycles. The van der Waals surface area contributed by atoms with Gasteiger partial charge in [0.15, 0.2) is 0 Å². The molecule has 4 N–H and O–H groups in total. The topological polar surface area (TPSA) is 103 Å². The summed E-state index contributed by atoms with van der Waals surface area (Å²) in [5.74, 6) is 0.0800. The molecule has 0 aliphatic rings. The van der Waals surface area contributed by atoms with E-state index in [1.165, 1.54) is 18.2 Å². The average molecular weight is 281 g/mol. The average Bonchev–Trinajstić information content (AvgIpc) is 2.37. The van der Waals surface area contributed by atoms with Crippen molar-refractivity contribution in [1.29, 1.82) is 0 Å². The quantitative estimate of drug-likeness (QED) is 0.869. The first-order chi connectivity index (χ1) is 8.57. The van der Waals surface area contributed by atoms with Gasteiger partial charge in [-0.3, -0.25) is 0 Å². The maximum Gasteiger partial charge on any atom is 0.137 e. The van der Waals surface area contributed by atoms with Gasteiger partial charge in [-0.05, 0) is 17.7 Å². The van der Waals surface area contributed by atoms with Gasteiger partial charge in [-0.25, -0.2) is 8.42 Å². The zero-order valence-corrected chi connectivity index (χ0v) is 11.3. The third kappa shape index (κ3) is 4.06. The van der Waals surface area contributed by atoms with Crippen molar-refractivity contribution in [3.8, 4) is 5.75 Å². The van der Waals surface area contributed by atoms with Gasteiger partial charge < -0.3 is 15.4 Å². The van der Waals surface area contributed by atoms with E-state index in [1.54, 1.807) is 6.07 Å². The van der Waals surface area contributed by atoms with E-state index >= 15 is 0 Å². The smallest absolute Gasteiger partial charge is 0.137 e. The minimum atomic E-state index is -4.51. The first-order valence-corrected chi connectivity index (χ1v) is 6.70. The molecule has 0 saturated carbocycles. The number of quaternary nitrogens is 1. The summed E-state index contributed by atoms with van der Waals surface area (Å²) in [5.41, 5.74) is 0.899. The Morgan fingerprint density at radius 3 is 2.16 bits per heavy atom. The second-order valence-electron chi connectivity index (χ2n) is 3.68. The van der Waals surface area contributed by atoms with Crippen molar-refractivity contribution in [2.75, 3.05) is 0 Å². The van der Waals surface area contributed by atoms with Crippen molar-refractivity contribution in [1.82, 2.24) is 6.15 Å². The van der Waals surface area contributed by atoms with Crippen LogP contribution in [0.15, 0.2) is 59.5 Å². The van der Waals surface area contributed by atoms with Crippen LogP contribution in [0.1, 0.15) is 5.56 Å². The number of hydrogen-bond donors (Lipinski definition) is 1. The van der Waals surface area contributed by atoms with Gasteiger partial charge in [0.05, 0.1) is 4.90 Å². The lowest BCUT2D eigenvalue weighted by Gasteiger charge is -2.13. The van der Waals surface area contributed by atoms with Gasteiger partial charge >= 0.3 is 0 Å². The van der Waals surface area contributed by atoms with Crippen LogP contribution in [-0.4, -0.2) is 13.0 Å². The summed E-state index contributed by atoms with van der Waals surface area (Å²) < 4.78 is 38.5. The van der Waals surface area contributed by atoms with E-state index in [2.05, 4.69) is 0 Å². The highest BCUT2D eigenvalue weighted by molar-refractivity contribution is 7.85. The van der Waals surface area contributed by atoms with Crippen LogP contribution in [0.5, 0.6) is 5.75 Å². The maximum atomic E-state index is 11.0. The minimum absolute atomic E-state index is 0. The lowest BCUT2D eigenvalue weighted by atomic mass is 10.2. The molecule has 0 radical (unpaired) electrons. The molecule has 5 nitrogen and oxygen atoms in total. The van der Waals surface area contributed by atoms with Crippen LogP contribution in [0.3, 0.4) is 0 Å². The van der Waals surface area contributed by atoms with Gasteiger partial charge in [0.2, 0.25) is 0 Å². The Bertz CT molecular complexity index is 626. The molecule has 0 aliphatic carbocycles. The largest absolute Gasteiger partial charge is 0.744 e. The van der Waals surface area contributed by atoms with E-state index in [9.17, 15) is 13.0 Å². The summed E-state index contributed by atoms with van der Waals surface area (Å²) in [7, 11) is -4.51. The van der Waals surface area contributed by atoms with Gasteiger partial charge in [-0.2, -0.15) is 0 Å². The molecule has 0 heterocycles. The van der Waals surface area contributed by atoms with Gasteiger partial charge in [0, 0.05) is 0 Å². The zero-order valence-electron chi connectivity index (χ0n) is 10.4. The van der Waals surface area contributed by atoms with Crippen LogP contribution in [0.2, 0.25) is 0 Å². The normalized spacial score (nSPS) is 10.6. The summed E-state index contributed by atoms with van der Waals surface area (Å²) in [6.45, 7) is 0.216. The molecule has 19 heavy (non-hydrogen) atoms. The van der Waals surface area contributed by atoms with Gasteiger partial charge in [0.1, 0.15) is 22.5 Å². The molecule has 0 atom stereocenters. The van der Waals surface area contributed by atoms with Gasteiger partial charge in [0.25, 0.3) is 0 Å². The second kappa shape index (κ2) is 6.33. The van der Waals surface area contributed by atoms with E-state index in [-0.39, 0.29) is 23.4 Å². The molecular formula is C13H15NO4S. The van der Waals surface area contributed by atoms with E-state index in [0.29, 0.717) is 0 Å². The van der Waals surface area contributed by atoms with E-state index in [4.69, 9.17) is 4.74 Å². The fourth-order valence-electron chi connectivity index (χ4n) is 1.51. The lowest BCUT2D eigenvalue weighted by Crippen LogP contribution is -2.03. The highest BCUT2D eigenvalue weighted by Crippen LogP contribution is 2.23. The molecular weight excluding hydrogens is 266 g/mol. The third-order valence-electron chi connectivity index (χ3n) is 2.36. The molecule has 2 rings (SSSR count). The SMILES string of the molecule is O=S(=O)([O-])c1ccccc1OCc1ccccc1.[NH4+]. The number of hydrogen-bond acceptors (Lipinski definition) is 4. The van der Waals surface area contributed by atoms with Crippen molar-refractivity contribution in [2.24, 2.45) is 0 Å². The Labute approximate surface area is 112 Å². The van der Waals surface area contributed by atoms with Crippen LogP contribution in [-0.2, 0) is 16.7 Å². The molecule has 0 aromatic heterocycles. The number of ether oxygens (including phenoxy) is 1. The molecule has 0 fully saturated rings. The molecule has 0 spiro atoms. The highest BCUT2D eigenvalue weighted by Gasteiger charge is 2.09. The van der Waals surface area contributed by atoms with Gasteiger partial charge in [-0.15, -0.1) is 0 Å². The Morgan fingerprint density at radius 1 is 0.947 bits per heavy atom. The number of benzene rings is 2. The first kappa shape index (κ1) is 15.2. The lowest BCUT2D eigenvalue weighted by molar-refractivity contribution is 0.296. The maximum absolute atomic E-state index is 11.0. The van der Waals surface area contributed by atoms with Crippen LogP contribution in [0.4, 0.5) is 0 Å². The summed E-state index contributed by atoms with van der Waals surface area (Å²) in [6, 6.07) is 15.1. The Morgan fingerprint density at radius 2 is 1.53 bits per heavy atom. The number of rotatable bonds is 4. The van der Waals surface area contributed by atoms with E-state index < -0.39 is 10.1 Å². The van der Waals surface area contributed by atoms with Crippen molar-refractivity contribution in [3.63, 3.8) is 0 Å². The van der Waals surface area contributed by atoms with E-state index in [1.807, 2.05) is 30.3 Å². The van der Waals surface area contributed by atoms with Crippen LogP contribution in [0, 0.1) is 0 Å². The Balaban J connectivity index is 0.00000180. The second-order valence-corrected chi connectivity index (χ2v) is 5.02. The molecule has 2 aromatic carbocycles. The van der Waals surface area contributed by atoms with Crippen LogP contribution in [0.25, 0.3) is 0 Å². The monoisotopic (exact) mass is 281 g/mol.